The minimum absolute atomic E-state index is 0.0121. The summed E-state index contributed by atoms with van der Waals surface area (Å²) in [5.74, 6) is 0.874. The van der Waals surface area contributed by atoms with Crippen LogP contribution in [-0.4, -0.2) is 25.2 Å². The van der Waals surface area contributed by atoms with E-state index in [1.807, 2.05) is 13.8 Å². The second kappa shape index (κ2) is 6.02. The quantitative estimate of drug-likeness (QED) is 0.707. The van der Waals surface area contributed by atoms with Gasteiger partial charge < -0.3 is 10.1 Å². The third kappa shape index (κ3) is 4.61. The molecule has 0 aliphatic heterocycles. The number of nitrogens with one attached hydrogen (secondary N) is 1. The Morgan fingerprint density at radius 1 is 1.50 bits per heavy atom. The summed E-state index contributed by atoms with van der Waals surface area (Å²) in [6.45, 7) is 4.87. The van der Waals surface area contributed by atoms with E-state index in [9.17, 15) is 4.79 Å². The fourth-order valence-electron chi connectivity index (χ4n) is 1.49. The summed E-state index contributed by atoms with van der Waals surface area (Å²) in [6.07, 6.45) is 5.33. The van der Waals surface area contributed by atoms with E-state index in [-0.39, 0.29) is 18.6 Å². The predicted molar refractivity (Wildman–Crippen MR) is 56.1 cm³/mol. The number of carbonyl (C=O) groups is 1. The number of carbonyl (C=O) groups excluding carboxylic acids is 1. The van der Waals surface area contributed by atoms with Gasteiger partial charge in [0.15, 0.2) is 0 Å². The van der Waals surface area contributed by atoms with Crippen LogP contribution in [0.3, 0.4) is 0 Å². The molecule has 0 spiro atoms. The van der Waals surface area contributed by atoms with Crippen molar-refractivity contribution in [1.82, 2.24) is 5.32 Å². The number of hydrogen-bond acceptors (Lipinski definition) is 2. The summed E-state index contributed by atoms with van der Waals surface area (Å²) in [5.41, 5.74) is 0. The summed E-state index contributed by atoms with van der Waals surface area (Å²) < 4.78 is 5.19. The van der Waals surface area contributed by atoms with Gasteiger partial charge in [-0.1, -0.05) is 19.3 Å². The molecule has 0 aromatic rings. The minimum atomic E-state index is 0.0121. The maximum atomic E-state index is 11.2. The van der Waals surface area contributed by atoms with Crippen LogP contribution in [0.4, 0.5) is 0 Å². The van der Waals surface area contributed by atoms with Crippen molar-refractivity contribution in [2.75, 3.05) is 13.2 Å². The van der Waals surface area contributed by atoms with Crippen molar-refractivity contribution in [3.63, 3.8) is 0 Å². The molecule has 3 nitrogen and oxygen atoms in total. The normalized spacial score (nSPS) is 16.8. The van der Waals surface area contributed by atoms with Crippen molar-refractivity contribution in [3.8, 4) is 0 Å². The lowest BCUT2D eigenvalue weighted by molar-refractivity contribution is -0.127. The van der Waals surface area contributed by atoms with E-state index in [0.29, 0.717) is 0 Å². The van der Waals surface area contributed by atoms with E-state index in [2.05, 4.69) is 5.32 Å². The van der Waals surface area contributed by atoms with E-state index in [0.717, 1.165) is 18.9 Å². The zero-order chi connectivity index (χ0) is 10.4. The predicted octanol–water partition coefficient (Wildman–Crippen LogP) is 1.72. The smallest absolute Gasteiger partial charge is 0.246 e. The Morgan fingerprint density at radius 3 is 2.71 bits per heavy atom. The molecule has 0 atom stereocenters. The molecule has 1 amide bonds. The van der Waals surface area contributed by atoms with Crippen LogP contribution in [0.15, 0.2) is 0 Å². The molecule has 0 aromatic heterocycles. The molecule has 1 aliphatic rings. The maximum Gasteiger partial charge on any atom is 0.246 e. The highest BCUT2D eigenvalue weighted by atomic mass is 16.5. The molecule has 0 aromatic carbocycles. The fourth-order valence-corrected chi connectivity index (χ4v) is 1.49. The highest BCUT2D eigenvalue weighted by Crippen LogP contribution is 2.28. The van der Waals surface area contributed by atoms with Crippen molar-refractivity contribution < 1.29 is 9.53 Å². The van der Waals surface area contributed by atoms with Crippen LogP contribution in [0.25, 0.3) is 0 Å². The van der Waals surface area contributed by atoms with Crippen LogP contribution in [0.2, 0.25) is 0 Å². The lowest BCUT2D eigenvalue weighted by Gasteiger charge is -2.25. The average Bonchev–Trinajstić information content (AvgIpc) is 2.06. The van der Waals surface area contributed by atoms with Crippen molar-refractivity contribution >= 4 is 5.91 Å². The van der Waals surface area contributed by atoms with Gasteiger partial charge in [-0.25, -0.2) is 0 Å². The molecule has 0 bridgehead atoms. The number of amides is 1. The zero-order valence-corrected chi connectivity index (χ0v) is 9.21. The van der Waals surface area contributed by atoms with Crippen LogP contribution in [0.1, 0.15) is 39.5 Å². The van der Waals surface area contributed by atoms with Crippen LogP contribution in [-0.2, 0) is 9.53 Å². The summed E-state index contributed by atoms with van der Waals surface area (Å²) in [5, 5.41) is 2.87. The zero-order valence-electron chi connectivity index (χ0n) is 9.21. The standard InChI is InChI=1S/C11H21NO2/c1-9(2)14-8-11(13)12-7-6-10-4-3-5-10/h9-10H,3-8H2,1-2H3,(H,12,13). The van der Waals surface area contributed by atoms with Gasteiger partial charge in [-0.2, -0.15) is 0 Å². The van der Waals surface area contributed by atoms with Gasteiger partial charge in [0.25, 0.3) is 0 Å². The summed E-state index contributed by atoms with van der Waals surface area (Å²) in [4.78, 5) is 11.2. The minimum Gasteiger partial charge on any atom is -0.369 e. The molecule has 1 N–H and O–H groups in total. The molecule has 1 rings (SSSR count). The third-order valence-corrected chi connectivity index (χ3v) is 2.65. The van der Waals surface area contributed by atoms with E-state index >= 15 is 0 Å². The average molecular weight is 199 g/mol. The maximum absolute atomic E-state index is 11.2. The molecule has 0 heterocycles. The van der Waals surface area contributed by atoms with Gasteiger partial charge in [-0.3, -0.25) is 4.79 Å². The van der Waals surface area contributed by atoms with Crippen molar-refractivity contribution in [2.45, 2.75) is 45.6 Å². The lowest BCUT2D eigenvalue weighted by Crippen LogP contribution is -2.31. The van der Waals surface area contributed by atoms with Crippen molar-refractivity contribution in [1.29, 1.82) is 0 Å². The Hall–Kier alpha value is -0.570. The Bertz CT molecular complexity index is 176. The molecule has 14 heavy (non-hydrogen) atoms. The SMILES string of the molecule is CC(C)OCC(=O)NCCC1CCC1. The molecular weight excluding hydrogens is 178 g/mol. The van der Waals surface area contributed by atoms with Gasteiger partial charge in [0.2, 0.25) is 5.91 Å². The molecule has 0 unspecified atom stereocenters. The third-order valence-electron chi connectivity index (χ3n) is 2.65. The fraction of sp³-hybridized carbons (Fsp3) is 0.909. The van der Waals surface area contributed by atoms with E-state index in [1.54, 1.807) is 0 Å². The van der Waals surface area contributed by atoms with Gasteiger partial charge in [-0.05, 0) is 26.2 Å². The lowest BCUT2D eigenvalue weighted by atomic mass is 9.83. The monoisotopic (exact) mass is 199 g/mol. The Morgan fingerprint density at radius 2 is 2.21 bits per heavy atom. The largest absolute Gasteiger partial charge is 0.369 e. The molecule has 1 fully saturated rings. The molecule has 0 radical (unpaired) electrons. The summed E-state index contributed by atoms with van der Waals surface area (Å²) in [7, 11) is 0. The van der Waals surface area contributed by atoms with E-state index in [4.69, 9.17) is 4.74 Å². The van der Waals surface area contributed by atoms with Crippen LogP contribution >= 0.6 is 0 Å². The van der Waals surface area contributed by atoms with Gasteiger partial charge in [0.1, 0.15) is 6.61 Å². The van der Waals surface area contributed by atoms with E-state index in [1.165, 1.54) is 19.3 Å². The van der Waals surface area contributed by atoms with Crippen molar-refractivity contribution in [2.24, 2.45) is 5.92 Å². The summed E-state index contributed by atoms with van der Waals surface area (Å²) in [6, 6.07) is 0. The molecule has 82 valence electrons. The Labute approximate surface area is 86.2 Å². The first-order valence-electron chi connectivity index (χ1n) is 5.57. The van der Waals surface area contributed by atoms with Gasteiger partial charge in [0, 0.05) is 6.54 Å². The number of ether oxygens (including phenoxy) is 1. The summed E-state index contributed by atoms with van der Waals surface area (Å²) >= 11 is 0. The Kier molecular flexibility index (Phi) is 4.94. The molecule has 3 heteroatoms. The van der Waals surface area contributed by atoms with Gasteiger partial charge >= 0.3 is 0 Å². The highest BCUT2D eigenvalue weighted by Gasteiger charge is 2.16. The highest BCUT2D eigenvalue weighted by molar-refractivity contribution is 5.77. The second-order valence-corrected chi connectivity index (χ2v) is 4.30. The first-order chi connectivity index (χ1) is 6.68. The molecular formula is C11H21NO2. The van der Waals surface area contributed by atoms with Crippen LogP contribution < -0.4 is 5.32 Å². The molecule has 1 saturated carbocycles. The number of hydrogen-bond donors (Lipinski definition) is 1. The molecule has 0 saturated heterocycles. The van der Waals surface area contributed by atoms with Crippen molar-refractivity contribution in [3.05, 3.63) is 0 Å². The number of rotatable bonds is 6. The van der Waals surface area contributed by atoms with Gasteiger partial charge in [0.05, 0.1) is 6.10 Å². The van der Waals surface area contributed by atoms with Gasteiger partial charge in [-0.15, -0.1) is 0 Å². The first-order valence-corrected chi connectivity index (χ1v) is 5.57. The topological polar surface area (TPSA) is 38.3 Å². The Balaban J connectivity index is 1.91. The van der Waals surface area contributed by atoms with E-state index < -0.39 is 0 Å². The molecule has 1 aliphatic carbocycles. The first kappa shape index (κ1) is 11.5. The van der Waals surface area contributed by atoms with Crippen LogP contribution in [0, 0.1) is 5.92 Å². The second-order valence-electron chi connectivity index (χ2n) is 4.30. The van der Waals surface area contributed by atoms with Crippen LogP contribution in [0.5, 0.6) is 0 Å².